The number of thioether (sulfide) groups is 1. The lowest BCUT2D eigenvalue weighted by Gasteiger charge is -2.29. The van der Waals surface area contributed by atoms with Gasteiger partial charge < -0.3 is 9.47 Å². The van der Waals surface area contributed by atoms with Crippen LogP contribution in [-0.2, 0) is 9.53 Å². The van der Waals surface area contributed by atoms with Crippen LogP contribution in [0.5, 0.6) is 5.75 Å². The van der Waals surface area contributed by atoms with Crippen molar-refractivity contribution in [3.05, 3.63) is 47.4 Å². The van der Waals surface area contributed by atoms with Gasteiger partial charge in [0.15, 0.2) is 0 Å². The molecule has 0 unspecified atom stereocenters. The first-order valence-electron chi connectivity index (χ1n) is 8.07. The van der Waals surface area contributed by atoms with Gasteiger partial charge in [-0.25, -0.2) is 0 Å². The van der Waals surface area contributed by atoms with E-state index in [0.717, 1.165) is 24.4 Å². The summed E-state index contributed by atoms with van der Waals surface area (Å²) in [5.41, 5.74) is 0.858. The number of carbonyl (C=O) groups is 1. The van der Waals surface area contributed by atoms with E-state index in [0.29, 0.717) is 35.7 Å². The molecule has 132 valence electrons. The zero-order chi connectivity index (χ0) is 17.6. The second kappa shape index (κ2) is 8.62. The number of nitrogens with zero attached hydrogens (tertiary/aromatic N) is 2. The number of ether oxygens (including phenoxy) is 2. The van der Waals surface area contributed by atoms with Crippen LogP contribution < -0.4 is 4.74 Å². The molecule has 3 rings (SSSR count). The molecule has 1 amide bonds. The predicted molar refractivity (Wildman–Crippen MR) is 104 cm³/mol. The molecule has 0 radical (unpaired) electrons. The summed E-state index contributed by atoms with van der Waals surface area (Å²) in [7, 11) is 0. The van der Waals surface area contributed by atoms with Crippen LogP contribution in [0, 0.1) is 0 Å². The Balaban J connectivity index is 1.75. The highest BCUT2D eigenvalue weighted by atomic mass is 32.2. The van der Waals surface area contributed by atoms with E-state index in [1.807, 2.05) is 30.3 Å². The van der Waals surface area contributed by atoms with Gasteiger partial charge in [0, 0.05) is 18.7 Å². The zero-order valence-corrected chi connectivity index (χ0v) is 15.5. The minimum Gasteiger partial charge on any atom is -0.489 e. The Morgan fingerprint density at radius 3 is 2.84 bits per heavy atom. The average Bonchev–Trinajstić information content (AvgIpc) is 2.89. The highest BCUT2D eigenvalue weighted by Crippen LogP contribution is 2.34. The number of thiocarbonyl (C=S) groups is 1. The molecule has 2 heterocycles. The summed E-state index contributed by atoms with van der Waals surface area (Å²) in [6, 6.07) is 7.62. The van der Waals surface area contributed by atoms with Gasteiger partial charge in [-0.2, -0.15) is 0 Å². The molecule has 25 heavy (non-hydrogen) atoms. The third-order valence-corrected chi connectivity index (χ3v) is 5.26. The van der Waals surface area contributed by atoms with Crippen molar-refractivity contribution in [3.63, 3.8) is 0 Å². The van der Waals surface area contributed by atoms with Crippen LogP contribution in [0.4, 0.5) is 0 Å². The molecule has 0 saturated carbocycles. The molecule has 0 aliphatic carbocycles. The second-order valence-electron chi connectivity index (χ2n) is 5.62. The van der Waals surface area contributed by atoms with E-state index >= 15 is 0 Å². The lowest BCUT2D eigenvalue weighted by atomic mass is 10.2. The highest BCUT2D eigenvalue weighted by molar-refractivity contribution is 8.26. The van der Waals surface area contributed by atoms with Gasteiger partial charge in [-0.15, -0.1) is 0 Å². The second-order valence-corrected chi connectivity index (χ2v) is 7.29. The standard InChI is InChI=1S/C18H20N2O3S2/c1-2-9-23-15-6-4-3-5-14(15)12-16-17(21)20(18(24)25-16)13-19-7-10-22-11-8-19/h2-6,12H,1,7-11,13H2. The van der Waals surface area contributed by atoms with E-state index in [4.69, 9.17) is 21.7 Å². The topological polar surface area (TPSA) is 42.0 Å². The molecule has 2 saturated heterocycles. The van der Waals surface area contributed by atoms with Crippen LogP contribution in [0.2, 0.25) is 0 Å². The number of morpholine rings is 1. The molecule has 2 aliphatic heterocycles. The van der Waals surface area contributed by atoms with Crippen molar-refractivity contribution in [2.24, 2.45) is 0 Å². The van der Waals surface area contributed by atoms with Gasteiger partial charge in [-0.1, -0.05) is 54.8 Å². The van der Waals surface area contributed by atoms with Crippen LogP contribution in [-0.4, -0.2) is 59.6 Å². The number of carbonyl (C=O) groups excluding carboxylic acids is 1. The van der Waals surface area contributed by atoms with Crippen molar-refractivity contribution < 1.29 is 14.3 Å². The Kier molecular flexibility index (Phi) is 6.25. The van der Waals surface area contributed by atoms with Crippen molar-refractivity contribution in [3.8, 4) is 5.75 Å². The maximum Gasteiger partial charge on any atom is 0.267 e. The van der Waals surface area contributed by atoms with Crippen molar-refractivity contribution in [1.29, 1.82) is 0 Å². The quantitative estimate of drug-likeness (QED) is 0.432. The van der Waals surface area contributed by atoms with E-state index in [-0.39, 0.29) is 5.91 Å². The summed E-state index contributed by atoms with van der Waals surface area (Å²) in [6.07, 6.45) is 3.54. The van der Waals surface area contributed by atoms with Gasteiger partial charge in [0.05, 0.1) is 24.8 Å². The molecule has 0 spiro atoms. The first-order valence-corrected chi connectivity index (χ1v) is 9.29. The smallest absolute Gasteiger partial charge is 0.267 e. The Hall–Kier alpha value is -1.67. The summed E-state index contributed by atoms with van der Waals surface area (Å²) in [6.45, 7) is 7.61. The van der Waals surface area contributed by atoms with Gasteiger partial charge in [-0.05, 0) is 12.1 Å². The molecule has 1 aromatic carbocycles. The Bertz CT molecular complexity index is 699. The Morgan fingerprint density at radius 1 is 1.32 bits per heavy atom. The maximum atomic E-state index is 12.8. The lowest BCUT2D eigenvalue weighted by Crippen LogP contribution is -2.45. The van der Waals surface area contributed by atoms with Gasteiger partial charge in [0.1, 0.15) is 16.7 Å². The minimum atomic E-state index is -0.0555. The summed E-state index contributed by atoms with van der Waals surface area (Å²) >= 11 is 6.74. The number of benzene rings is 1. The maximum absolute atomic E-state index is 12.8. The molecular weight excluding hydrogens is 356 g/mol. The first-order chi connectivity index (χ1) is 12.2. The van der Waals surface area contributed by atoms with E-state index in [9.17, 15) is 4.79 Å². The van der Waals surface area contributed by atoms with Gasteiger partial charge in [0.2, 0.25) is 0 Å². The normalized spacial score (nSPS) is 20.3. The largest absolute Gasteiger partial charge is 0.489 e. The third kappa shape index (κ3) is 4.49. The summed E-state index contributed by atoms with van der Waals surface area (Å²) in [4.78, 5) is 17.2. The van der Waals surface area contributed by atoms with Crippen LogP contribution in [0.3, 0.4) is 0 Å². The Morgan fingerprint density at radius 2 is 2.08 bits per heavy atom. The zero-order valence-electron chi connectivity index (χ0n) is 13.8. The van der Waals surface area contributed by atoms with Gasteiger partial charge >= 0.3 is 0 Å². The number of para-hydroxylation sites is 1. The van der Waals surface area contributed by atoms with Gasteiger partial charge in [-0.3, -0.25) is 14.6 Å². The molecule has 1 aromatic rings. The number of rotatable bonds is 6. The third-order valence-electron chi connectivity index (χ3n) is 3.88. The lowest BCUT2D eigenvalue weighted by molar-refractivity contribution is -0.124. The molecule has 2 aliphatic rings. The highest BCUT2D eigenvalue weighted by Gasteiger charge is 2.33. The molecule has 0 aromatic heterocycles. The number of amides is 1. The molecule has 0 atom stereocenters. The fourth-order valence-electron chi connectivity index (χ4n) is 2.59. The molecule has 0 N–H and O–H groups in total. The van der Waals surface area contributed by atoms with E-state index < -0.39 is 0 Å². The van der Waals surface area contributed by atoms with Gasteiger partial charge in [0.25, 0.3) is 5.91 Å². The van der Waals surface area contributed by atoms with Crippen LogP contribution in [0.1, 0.15) is 5.56 Å². The van der Waals surface area contributed by atoms with Crippen molar-refractivity contribution in [2.45, 2.75) is 0 Å². The summed E-state index contributed by atoms with van der Waals surface area (Å²) in [5, 5.41) is 0. The van der Waals surface area contributed by atoms with E-state index in [2.05, 4.69) is 11.5 Å². The molecule has 7 heteroatoms. The van der Waals surface area contributed by atoms with Crippen molar-refractivity contribution in [1.82, 2.24) is 9.80 Å². The summed E-state index contributed by atoms with van der Waals surface area (Å²) in [5.74, 6) is 0.667. The van der Waals surface area contributed by atoms with Crippen LogP contribution in [0.15, 0.2) is 41.8 Å². The van der Waals surface area contributed by atoms with Crippen LogP contribution in [0.25, 0.3) is 6.08 Å². The average molecular weight is 377 g/mol. The fourth-order valence-corrected chi connectivity index (χ4v) is 3.82. The Labute approximate surface area is 157 Å². The number of hydrogen-bond acceptors (Lipinski definition) is 6. The van der Waals surface area contributed by atoms with E-state index in [1.54, 1.807) is 11.0 Å². The first kappa shape index (κ1) is 18.1. The monoisotopic (exact) mass is 376 g/mol. The minimum absolute atomic E-state index is 0.0555. The van der Waals surface area contributed by atoms with Crippen molar-refractivity contribution >= 4 is 40.3 Å². The SMILES string of the molecule is C=CCOc1ccccc1C=C1SC(=S)N(CN2CCOCC2)C1=O. The fraction of sp³-hybridized carbons (Fsp3) is 0.333. The molecule has 2 fully saturated rings. The van der Waals surface area contributed by atoms with Crippen LogP contribution >= 0.6 is 24.0 Å². The van der Waals surface area contributed by atoms with E-state index in [1.165, 1.54) is 11.8 Å². The molecule has 0 bridgehead atoms. The number of hydrogen-bond donors (Lipinski definition) is 0. The van der Waals surface area contributed by atoms with Crippen molar-refractivity contribution in [2.75, 3.05) is 39.6 Å². The molecular formula is C18H20N2O3S2. The molecule has 5 nitrogen and oxygen atoms in total. The summed E-state index contributed by atoms with van der Waals surface area (Å²) < 4.78 is 11.6. The predicted octanol–water partition coefficient (Wildman–Crippen LogP) is 2.74.